The summed E-state index contributed by atoms with van der Waals surface area (Å²) in [7, 11) is 0. The number of hydrogen-bond acceptors (Lipinski definition) is 2. The van der Waals surface area contributed by atoms with Gasteiger partial charge in [-0.3, -0.25) is 0 Å². The largest absolute Gasteiger partial charge is 0.324 e. The highest BCUT2D eigenvalue weighted by Gasteiger charge is 2.37. The first kappa shape index (κ1) is 8.14. The predicted octanol–water partition coefficient (Wildman–Crippen LogP) is 2.27. The molecule has 0 atom stereocenters. The van der Waals surface area contributed by atoms with E-state index in [-0.39, 0.29) is 5.54 Å². The van der Waals surface area contributed by atoms with E-state index in [1.54, 1.807) is 0 Å². The first-order valence-electron chi connectivity index (χ1n) is 4.25. The highest BCUT2D eigenvalue weighted by atomic mass is 32.2. The van der Waals surface area contributed by atoms with Gasteiger partial charge in [-0.1, -0.05) is 18.2 Å². The van der Waals surface area contributed by atoms with Gasteiger partial charge >= 0.3 is 0 Å². The number of rotatable bonds is 3. The monoisotopic (exact) mass is 179 g/mol. The maximum absolute atomic E-state index is 5.97. The van der Waals surface area contributed by atoms with Gasteiger partial charge in [0, 0.05) is 16.2 Å². The molecule has 12 heavy (non-hydrogen) atoms. The maximum atomic E-state index is 5.97. The highest BCUT2D eigenvalue weighted by Crippen LogP contribution is 2.37. The van der Waals surface area contributed by atoms with E-state index in [1.165, 1.54) is 17.7 Å². The van der Waals surface area contributed by atoms with Gasteiger partial charge in [0.15, 0.2) is 0 Å². The molecule has 0 aromatic heterocycles. The molecule has 64 valence electrons. The normalized spacial score (nSPS) is 19.1. The van der Waals surface area contributed by atoms with Crippen molar-refractivity contribution in [1.29, 1.82) is 0 Å². The summed E-state index contributed by atoms with van der Waals surface area (Å²) in [5, 5.41) is 0. The predicted molar refractivity (Wildman–Crippen MR) is 53.3 cm³/mol. The molecule has 1 aliphatic rings. The Balaban J connectivity index is 1.88. The van der Waals surface area contributed by atoms with Crippen LogP contribution in [0.2, 0.25) is 0 Å². The van der Waals surface area contributed by atoms with Gasteiger partial charge in [-0.15, -0.1) is 11.8 Å². The first-order valence-corrected chi connectivity index (χ1v) is 5.24. The molecule has 1 aromatic carbocycles. The molecule has 1 aliphatic carbocycles. The first-order chi connectivity index (χ1) is 5.79. The van der Waals surface area contributed by atoms with E-state index < -0.39 is 0 Å². The fourth-order valence-corrected chi connectivity index (χ4v) is 2.14. The van der Waals surface area contributed by atoms with Crippen molar-refractivity contribution in [3.8, 4) is 0 Å². The van der Waals surface area contributed by atoms with Gasteiger partial charge in [0.25, 0.3) is 0 Å². The van der Waals surface area contributed by atoms with Crippen molar-refractivity contribution >= 4 is 11.8 Å². The average Bonchev–Trinajstić information content (AvgIpc) is 2.84. The third-order valence-electron chi connectivity index (χ3n) is 2.16. The van der Waals surface area contributed by atoms with Crippen molar-refractivity contribution in [2.24, 2.45) is 5.73 Å². The number of benzene rings is 1. The molecule has 2 rings (SSSR count). The molecular formula is C10H13NS. The molecule has 2 heteroatoms. The molecule has 0 amide bonds. The minimum Gasteiger partial charge on any atom is -0.324 e. The topological polar surface area (TPSA) is 26.0 Å². The lowest BCUT2D eigenvalue weighted by Crippen LogP contribution is -2.24. The summed E-state index contributed by atoms with van der Waals surface area (Å²) in [5.74, 6) is 1.07. The molecule has 1 fully saturated rings. The lowest BCUT2D eigenvalue weighted by Gasteiger charge is -2.06. The van der Waals surface area contributed by atoms with Crippen LogP contribution in [0.3, 0.4) is 0 Å². The van der Waals surface area contributed by atoms with E-state index in [0.717, 1.165) is 5.75 Å². The molecule has 1 aromatic rings. The standard InChI is InChI=1S/C10H13NS/c11-10(6-7-10)8-12-9-4-2-1-3-5-9/h1-5H,6-8,11H2. The van der Waals surface area contributed by atoms with Gasteiger partial charge < -0.3 is 5.73 Å². The van der Waals surface area contributed by atoms with Gasteiger partial charge in [0.1, 0.15) is 0 Å². The van der Waals surface area contributed by atoms with Gasteiger partial charge in [0.05, 0.1) is 0 Å². The highest BCUT2D eigenvalue weighted by molar-refractivity contribution is 7.99. The fraction of sp³-hybridized carbons (Fsp3) is 0.400. The summed E-state index contributed by atoms with van der Waals surface area (Å²) in [4.78, 5) is 1.33. The average molecular weight is 179 g/mol. The molecule has 2 N–H and O–H groups in total. The van der Waals surface area contributed by atoms with Gasteiger partial charge in [-0.05, 0) is 25.0 Å². The van der Waals surface area contributed by atoms with Crippen molar-refractivity contribution < 1.29 is 0 Å². The molecule has 0 radical (unpaired) electrons. The Morgan fingerprint density at radius 3 is 2.50 bits per heavy atom. The van der Waals surface area contributed by atoms with Gasteiger partial charge in [0.2, 0.25) is 0 Å². The van der Waals surface area contributed by atoms with Gasteiger partial charge in [-0.2, -0.15) is 0 Å². The molecule has 0 aliphatic heterocycles. The zero-order valence-corrected chi connectivity index (χ0v) is 7.81. The Hall–Kier alpha value is -0.470. The molecule has 1 saturated carbocycles. The molecule has 0 bridgehead atoms. The van der Waals surface area contributed by atoms with Crippen LogP contribution in [0, 0.1) is 0 Å². The van der Waals surface area contributed by atoms with Gasteiger partial charge in [-0.25, -0.2) is 0 Å². The van der Waals surface area contributed by atoms with E-state index in [9.17, 15) is 0 Å². The Morgan fingerprint density at radius 2 is 1.92 bits per heavy atom. The summed E-state index contributed by atoms with van der Waals surface area (Å²) in [6, 6.07) is 10.4. The number of hydrogen-bond donors (Lipinski definition) is 1. The molecular weight excluding hydrogens is 166 g/mol. The van der Waals surface area contributed by atoms with Crippen LogP contribution >= 0.6 is 11.8 Å². The summed E-state index contributed by atoms with van der Waals surface area (Å²) >= 11 is 1.86. The van der Waals surface area contributed by atoms with Crippen molar-refractivity contribution in [1.82, 2.24) is 0 Å². The minimum absolute atomic E-state index is 0.167. The van der Waals surface area contributed by atoms with Crippen LogP contribution < -0.4 is 5.73 Å². The third kappa shape index (κ3) is 2.02. The second kappa shape index (κ2) is 3.11. The van der Waals surface area contributed by atoms with Crippen LogP contribution in [0.25, 0.3) is 0 Å². The summed E-state index contributed by atoms with van der Waals surface area (Å²) < 4.78 is 0. The zero-order chi connectivity index (χ0) is 8.44. The molecule has 0 unspecified atom stereocenters. The molecule has 0 heterocycles. The van der Waals surface area contributed by atoms with Crippen molar-refractivity contribution in [3.63, 3.8) is 0 Å². The fourth-order valence-electron chi connectivity index (χ4n) is 1.05. The van der Waals surface area contributed by atoms with E-state index >= 15 is 0 Å². The van der Waals surface area contributed by atoms with E-state index in [2.05, 4.69) is 24.3 Å². The lowest BCUT2D eigenvalue weighted by atomic mass is 10.4. The molecule has 0 spiro atoms. The van der Waals surface area contributed by atoms with Crippen molar-refractivity contribution in [2.75, 3.05) is 5.75 Å². The molecule has 1 nitrogen and oxygen atoms in total. The Morgan fingerprint density at radius 1 is 1.25 bits per heavy atom. The van der Waals surface area contributed by atoms with Crippen LogP contribution in [-0.2, 0) is 0 Å². The Kier molecular flexibility index (Phi) is 2.11. The van der Waals surface area contributed by atoms with Crippen LogP contribution in [0.4, 0.5) is 0 Å². The summed E-state index contributed by atoms with van der Waals surface area (Å²) in [5.41, 5.74) is 6.14. The summed E-state index contributed by atoms with van der Waals surface area (Å²) in [6.45, 7) is 0. The summed E-state index contributed by atoms with van der Waals surface area (Å²) in [6.07, 6.45) is 2.40. The SMILES string of the molecule is NC1(CSc2ccccc2)CC1. The Bertz CT molecular complexity index is 254. The van der Waals surface area contributed by atoms with E-state index in [1.807, 2.05) is 17.8 Å². The molecule has 0 saturated heterocycles. The van der Waals surface area contributed by atoms with Crippen LogP contribution in [0.1, 0.15) is 12.8 Å². The third-order valence-corrected chi connectivity index (χ3v) is 3.49. The van der Waals surface area contributed by atoms with Crippen LogP contribution in [0.5, 0.6) is 0 Å². The number of nitrogens with two attached hydrogens (primary N) is 1. The minimum atomic E-state index is 0.167. The maximum Gasteiger partial charge on any atom is 0.0250 e. The van der Waals surface area contributed by atoms with Crippen LogP contribution in [0.15, 0.2) is 35.2 Å². The van der Waals surface area contributed by atoms with E-state index in [0.29, 0.717) is 0 Å². The van der Waals surface area contributed by atoms with E-state index in [4.69, 9.17) is 5.73 Å². The Labute approximate surface area is 77.3 Å². The van der Waals surface area contributed by atoms with Crippen molar-refractivity contribution in [3.05, 3.63) is 30.3 Å². The number of thioether (sulfide) groups is 1. The quantitative estimate of drug-likeness (QED) is 0.720. The lowest BCUT2D eigenvalue weighted by molar-refractivity contribution is 0.776. The van der Waals surface area contributed by atoms with Crippen molar-refractivity contribution in [2.45, 2.75) is 23.3 Å². The smallest absolute Gasteiger partial charge is 0.0250 e. The second-order valence-corrected chi connectivity index (χ2v) is 4.51. The van der Waals surface area contributed by atoms with Crippen LogP contribution in [-0.4, -0.2) is 11.3 Å². The second-order valence-electron chi connectivity index (χ2n) is 3.46. The zero-order valence-electron chi connectivity index (χ0n) is 6.99.